The summed E-state index contributed by atoms with van der Waals surface area (Å²) in [5.74, 6) is 1.61. The molecule has 4 heterocycles. The van der Waals surface area contributed by atoms with Gasteiger partial charge in [0.2, 0.25) is 5.89 Å². The molecule has 0 aliphatic carbocycles. The molecule has 0 aliphatic rings. The number of hydrogen-bond donors (Lipinski definition) is 1. The summed E-state index contributed by atoms with van der Waals surface area (Å²) >= 11 is 4.53. The van der Waals surface area contributed by atoms with Gasteiger partial charge >= 0.3 is 0 Å². The first-order valence-corrected chi connectivity index (χ1v) is 11.9. The van der Waals surface area contributed by atoms with E-state index in [-0.39, 0.29) is 5.56 Å². The molecule has 30 heavy (non-hydrogen) atoms. The van der Waals surface area contributed by atoms with Crippen molar-refractivity contribution in [2.75, 3.05) is 0 Å². The van der Waals surface area contributed by atoms with E-state index < -0.39 is 0 Å². The Morgan fingerprint density at radius 2 is 2.00 bits per heavy atom. The highest BCUT2D eigenvalue weighted by Crippen LogP contribution is 2.35. The first kappa shape index (κ1) is 19.2. The van der Waals surface area contributed by atoms with Gasteiger partial charge in [-0.15, -0.1) is 32.9 Å². The van der Waals surface area contributed by atoms with Gasteiger partial charge in [0, 0.05) is 20.7 Å². The van der Waals surface area contributed by atoms with Gasteiger partial charge in [0.05, 0.1) is 17.6 Å². The Bertz CT molecular complexity index is 1370. The Kier molecular flexibility index (Phi) is 5.24. The molecule has 0 spiro atoms. The number of benzene rings is 1. The van der Waals surface area contributed by atoms with Gasteiger partial charge in [-0.3, -0.25) is 4.79 Å². The molecule has 5 rings (SSSR count). The minimum Gasteiger partial charge on any atom is -0.416 e. The van der Waals surface area contributed by atoms with Crippen LogP contribution < -0.4 is 5.56 Å². The maximum Gasteiger partial charge on any atom is 0.277 e. The van der Waals surface area contributed by atoms with Crippen LogP contribution in [0.5, 0.6) is 0 Å². The number of rotatable bonds is 6. The summed E-state index contributed by atoms with van der Waals surface area (Å²) in [6.45, 7) is 2.06. The number of thiophene rings is 2. The molecule has 0 radical (unpaired) electrons. The standard InChI is InChI=1S/C21H16N4O2S3/c1-12-7-8-15(30-12)14-10-28-20-18(14)19(26)22-16(23-20)11-29-21-25-24-17(27-21)9-13-5-3-2-4-6-13/h2-8,10H,9,11H2,1H3,(H,22,23,26). The van der Waals surface area contributed by atoms with Crippen molar-refractivity contribution >= 4 is 44.7 Å². The lowest BCUT2D eigenvalue weighted by Gasteiger charge is -2.00. The second-order valence-electron chi connectivity index (χ2n) is 6.67. The lowest BCUT2D eigenvalue weighted by atomic mass is 10.2. The summed E-state index contributed by atoms with van der Waals surface area (Å²) in [4.78, 5) is 23.3. The highest BCUT2D eigenvalue weighted by atomic mass is 32.2. The van der Waals surface area contributed by atoms with Crippen LogP contribution in [0.1, 0.15) is 22.2 Å². The van der Waals surface area contributed by atoms with Crippen molar-refractivity contribution in [1.29, 1.82) is 0 Å². The van der Waals surface area contributed by atoms with Crippen LogP contribution in [0.3, 0.4) is 0 Å². The Morgan fingerprint density at radius 1 is 1.13 bits per heavy atom. The lowest BCUT2D eigenvalue weighted by molar-refractivity contribution is 0.420. The minimum atomic E-state index is -0.117. The fourth-order valence-corrected chi connectivity index (χ4v) is 5.66. The Balaban J connectivity index is 1.32. The van der Waals surface area contributed by atoms with Gasteiger partial charge in [0.1, 0.15) is 10.7 Å². The molecule has 0 atom stereocenters. The number of hydrogen-bond acceptors (Lipinski definition) is 8. The first-order valence-electron chi connectivity index (χ1n) is 9.22. The van der Waals surface area contributed by atoms with Gasteiger partial charge in [0.15, 0.2) is 0 Å². The number of aromatic nitrogens is 4. The molecule has 0 saturated carbocycles. The zero-order valence-corrected chi connectivity index (χ0v) is 18.4. The second-order valence-corrected chi connectivity index (χ2v) is 9.74. The van der Waals surface area contributed by atoms with Crippen molar-refractivity contribution in [3.8, 4) is 10.4 Å². The normalized spacial score (nSPS) is 11.4. The highest BCUT2D eigenvalue weighted by Gasteiger charge is 2.15. The van der Waals surface area contributed by atoms with Crippen LogP contribution in [0.4, 0.5) is 0 Å². The third-order valence-corrected chi connectivity index (χ3v) is 7.21. The molecule has 0 unspecified atom stereocenters. The molecule has 0 aliphatic heterocycles. The SMILES string of the molecule is Cc1ccc(-c2csc3nc(CSc4nnc(Cc5ccccc5)o4)[nH]c(=O)c23)s1. The second kappa shape index (κ2) is 8.17. The molecule has 150 valence electrons. The van der Waals surface area contributed by atoms with E-state index in [9.17, 15) is 4.79 Å². The molecule has 1 aromatic carbocycles. The summed E-state index contributed by atoms with van der Waals surface area (Å²) in [5, 5.41) is 11.3. The highest BCUT2D eigenvalue weighted by molar-refractivity contribution is 7.98. The molecule has 0 bridgehead atoms. The summed E-state index contributed by atoms with van der Waals surface area (Å²) in [6, 6.07) is 14.1. The number of aromatic amines is 1. The number of nitrogens with one attached hydrogen (secondary N) is 1. The molecule has 9 heteroatoms. The van der Waals surface area contributed by atoms with E-state index >= 15 is 0 Å². The number of thioether (sulfide) groups is 1. The molecule has 5 aromatic rings. The Labute approximate surface area is 184 Å². The van der Waals surface area contributed by atoms with E-state index in [0.717, 1.165) is 20.8 Å². The first-order chi connectivity index (χ1) is 14.7. The Hall–Kier alpha value is -2.75. The molecular weight excluding hydrogens is 436 g/mol. The smallest absolute Gasteiger partial charge is 0.277 e. The quantitative estimate of drug-likeness (QED) is 0.353. The van der Waals surface area contributed by atoms with Crippen LogP contribution in [0.15, 0.2) is 62.3 Å². The van der Waals surface area contributed by atoms with Crippen LogP contribution in [-0.4, -0.2) is 20.2 Å². The third-order valence-electron chi connectivity index (χ3n) is 4.48. The maximum atomic E-state index is 12.7. The van der Waals surface area contributed by atoms with Gasteiger partial charge in [-0.25, -0.2) is 4.98 Å². The summed E-state index contributed by atoms with van der Waals surface area (Å²) < 4.78 is 5.72. The monoisotopic (exact) mass is 452 g/mol. The van der Waals surface area contributed by atoms with Gasteiger partial charge in [-0.05, 0) is 24.6 Å². The molecule has 6 nitrogen and oxygen atoms in total. The summed E-state index contributed by atoms with van der Waals surface area (Å²) in [5.41, 5.74) is 1.94. The van der Waals surface area contributed by atoms with Gasteiger partial charge in [-0.1, -0.05) is 42.1 Å². The Morgan fingerprint density at radius 3 is 2.80 bits per heavy atom. The maximum absolute atomic E-state index is 12.7. The minimum absolute atomic E-state index is 0.117. The van der Waals surface area contributed by atoms with Crippen LogP contribution >= 0.6 is 34.4 Å². The van der Waals surface area contributed by atoms with E-state index in [1.54, 1.807) is 11.3 Å². The predicted molar refractivity (Wildman–Crippen MR) is 121 cm³/mol. The van der Waals surface area contributed by atoms with Crippen molar-refractivity contribution in [1.82, 2.24) is 20.2 Å². The van der Waals surface area contributed by atoms with Crippen LogP contribution in [0.2, 0.25) is 0 Å². The average Bonchev–Trinajstić information content (AvgIpc) is 3.47. The number of fused-ring (bicyclic) bond motifs is 1. The predicted octanol–water partition coefficient (Wildman–Crippen LogP) is 5.29. The summed E-state index contributed by atoms with van der Waals surface area (Å²) in [6.07, 6.45) is 0.593. The average molecular weight is 453 g/mol. The van der Waals surface area contributed by atoms with E-state index in [1.807, 2.05) is 41.8 Å². The van der Waals surface area contributed by atoms with Gasteiger partial charge in [0.25, 0.3) is 10.8 Å². The molecular formula is C21H16N4O2S3. The molecule has 4 aromatic heterocycles. The fraction of sp³-hybridized carbons (Fsp3) is 0.143. The van der Waals surface area contributed by atoms with Crippen LogP contribution in [0.25, 0.3) is 20.7 Å². The molecule has 0 fully saturated rings. The summed E-state index contributed by atoms with van der Waals surface area (Å²) in [7, 11) is 0. The van der Waals surface area contributed by atoms with Crippen molar-refractivity contribution in [2.24, 2.45) is 0 Å². The largest absolute Gasteiger partial charge is 0.416 e. The number of nitrogens with zero attached hydrogens (tertiary/aromatic N) is 3. The van der Waals surface area contributed by atoms with Crippen molar-refractivity contribution in [3.63, 3.8) is 0 Å². The van der Waals surface area contributed by atoms with E-state index in [2.05, 4.69) is 33.2 Å². The van der Waals surface area contributed by atoms with Gasteiger partial charge in [-0.2, -0.15) is 0 Å². The molecule has 0 amide bonds. The fourth-order valence-electron chi connectivity index (χ4n) is 3.09. The van der Waals surface area contributed by atoms with Crippen molar-refractivity contribution in [3.05, 3.63) is 80.4 Å². The van der Waals surface area contributed by atoms with Crippen LogP contribution in [-0.2, 0) is 12.2 Å². The van der Waals surface area contributed by atoms with Crippen molar-refractivity contribution < 1.29 is 4.42 Å². The molecule has 1 N–H and O–H groups in total. The van der Waals surface area contributed by atoms with Gasteiger partial charge < -0.3 is 9.40 Å². The number of aryl methyl sites for hydroxylation is 1. The van der Waals surface area contributed by atoms with E-state index in [0.29, 0.717) is 34.5 Å². The topological polar surface area (TPSA) is 84.7 Å². The zero-order valence-electron chi connectivity index (χ0n) is 15.9. The number of H-pyrrole nitrogens is 1. The third kappa shape index (κ3) is 3.96. The molecule has 0 saturated heterocycles. The zero-order chi connectivity index (χ0) is 20.5. The van der Waals surface area contributed by atoms with E-state index in [1.165, 1.54) is 28.0 Å². The van der Waals surface area contributed by atoms with E-state index in [4.69, 9.17) is 4.42 Å². The lowest BCUT2D eigenvalue weighted by Crippen LogP contribution is -2.10. The van der Waals surface area contributed by atoms with Crippen molar-refractivity contribution in [2.45, 2.75) is 24.3 Å². The van der Waals surface area contributed by atoms with Crippen LogP contribution in [0, 0.1) is 6.92 Å².